The number of amides is 1. The predicted octanol–water partition coefficient (Wildman–Crippen LogP) is 4.94. The van der Waals surface area contributed by atoms with Crippen molar-refractivity contribution in [3.8, 4) is 0 Å². The lowest BCUT2D eigenvalue weighted by atomic mass is 9.96. The first-order chi connectivity index (χ1) is 15.0. The fourth-order valence-electron chi connectivity index (χ4n) is 4.13. The molecule has 5 heteroatoms. The Hall–Kier alpha value is -2.82. The van der Waals surface area contributed by atoms with Gasteiger partial charge in [0.25, 0.3) is 5.91 Å². The van der Waals surface area contributed by atoms with E-state index >= 15 is 0 Å². The first kappa shape index (κ1) is 21.4. The first-order valence-electron chi connectivity index (χ1n) is 10.6. The summed E-state index contributed by atoms with van der Waals surface area (Å²) in [5.74, 6) is -0.0796. The van der Waals surface area contributed by atoms with Crippen LogP contribution in [0.3, 0.4) is 0 Å². The van der Waals surface area contributed by atoms with Gasteiger partial charge in [-0.15, -0.1) is 0 Å². The van der Waals surface area contributed by atoms with Crippen LogP contribution in [-0.2, 0) is 13.0 Å². The Morgan fingerprint density at radius 2 is 1.68 bits per heavy atom. The minimum Gasteiger partial charge on any atom is -0.378 e. The van der Waals surface area contributed by atoms with Gasteiger partial charge in [-0.2, -0.15) is 0 Å². The van der Waals surface area contributed by atoms with Crippen LogP contribution in [0.4, 0.5) is 5.69 Å². The molecule has 0 fully saturated rings. The van der Waals surface area contributed by atoms with Crippen molar-refractivity contribution in [1.82, 2.24) is 10.2 Å². The number of benzene rings is 3. The smallest absolute Gasteiger partial charge is 0.251 e. The van der Waals surface area contributed by atoms with Gasteiger partial charge in [0.05, 0.1) is 6.04 Å². The summed E-state index contributed by atoms with van der Waals surface area (Å²) < 4.78 is 0. The normalized spacial score (nSPS) is 14.5. The third-order valence-electron chi connectivity index (χ3n) is 5.96. The molecule has 4 nitrogen and oxygen atoms in total. The van der Waals surface area contributed by atoms with Gasteiger partial charge >= 0.3 is 0 Å². The number of carbonyl (C=O) groups is 1. The molecule has 0 unspecified atom stereocenters. The number of nitrogens with zero attached hydrogens (tertiary/aromatic N) is 2. The van der Waals surface area contributed by atoms with Gasteiger partial charge in [-0.3, -0.25) is 9.69 Å². The maximum atomic E-state index is 12.7. The van der Waals surface area contributed by atoms with Crippen LogP contribution < -0.4 is 10.2 Å². The summed E-state index contributed by atoms with van der Waals surface area (Å²) in [7, 11) is 4.08. The van der Waals surface area contributed by atoms with Crippen LogP contribution in [0.25, 0.3) is 0 Å². The molecule has 1 amide bonds. The molecule has 1 N–H and O–H groups in total. The average Bonchev–Trinajstić information content (AvgIpc) is 2.79. The molecule has 3 aromatic carbocycles. The zero-order valence-electron chi connectivity index (χ0n) is 18.0. The van der Waals surface area contributed by atoms with Gasteiger partial charge in [0.15, 0.2) is 0 Å². The number of hydrogen-bond acceptors (Lipinski definition) is 3. The second-order valence-corrected chi connectivity index (χ2v) is 8.64. The fourth-order valence-corrected chi connectivity index (χ4v) is 4.25. The zero-order chi connectivity index (χ0) is 21.8. The van der Waals surface area contributed by atoms with E-state index in [0.717, 1.165) is 25.2 Å². The van der Waals surface area contributed by atoms with Gasteiger partial charge in [-0.25, -0.2) is 0 Å². The lowest BCUT2D eigenvalue weighted by molar-refractivity contribution is 0.0928. The molecule has 0 spiro atoms. The first-order valence-corrected chi connectivity index (χ1v) is 11.0. The van der Waals surface area contributed by atoms with E-state index in [2.05, 4.69) is 63.6 Å². The van der Waals surface area contributed by atoms with Gasteiger partial charge in [-0.1, -0.05) is 48.0 Å². The van der Waals surface area contributed by atoms with Crippen LogP contribution in [0.1, 0.15) is 33.1 Å². The number of carbonyl (C=O) groups excluding carboxylic acids is 1. The second-order valence-electron chi connectivity index (χ2n) is 8.21. The summed E-state index contributed by atoms with van der Waals surface area (Å²) in [6.07, 6.45) is 1.02. The topological polar surface area (TPSA) is 35.6 Å². The maximum absolute atomic E-state index is 12.7. The number of hydrogen-bond donors (Lipinski definition) is 1. The number of fused-ring (bicyclic) bond motifs is 1. The molecule has 0 bridgehead atoms. The molecule has 1 aliphatic rings. The SMILES string of the molecule is CN(C)c1ccc([C@@H](CNC(=O)c2ccc(Cl)cc2)N2CCc3ccccc3C2)cc1. The van der Waals surface area contributed by atoms with E-state index in [1.165, 1.54) is 16.7 Å². The highest BCUT2D eigenvalue weighted by Crippen LogP contribution is 2.29. The third-order valence-corrected chi connectivity index (χ3v) is 6.21. The maximum Gasteiger partial charge on any atom is 0.251 e. The van der Waals surface area contributed by atoms with Gasteiger partial charge in [0.1, 0.15) is 0 Å². The van der Waals surface area contributed by atoms with Crippen molar-refractivity contribution in [3.63, 3.8) is 0 Å². The van der Waals surface area contributed by atoms with E-state index in [-0.39, 0.29) is 11.9 Å². The number of anilines is 1. The van der Waals surface area contributed by atoms with Crippen molar-refractivity contribution in [1.29, 1.82) is 0 Å². The minimum atomic E-state index is -0.0796. The fraction of sp³-hybridized carbons (Fsp3) is 0.269. The lowest BCUT2D eigenvalue weighted by Gasteiger charge is -2.36. The van der Waals surface area contributed by atoms with E-state index in [4.69, 9.17) is 11.6 Å². The van der Waals surface area contributed by atoms with E-state index in [1.807, 2.05) is 14.1 Å². The lowest BCUT2D eigenvalue weighted by Crippen LogP contribution is -2.40. The Balaban J connectivity index is 1.55. The van der Waals surface area contributed by atoms with E-state index in [0.29, 0.717) is 17.1 Å². The van der Waals surface area contributed by atoms with Crippen molar-refractivity contribution >= 4 is 23.2 Å². The Morgan fingerprint density at radius 1 is 1.00 bits per heavy atom. The monoisotopic (exact) mass is 433 g/mol. The Kier molecular flexibility index (Phi) is 6.59. The molecule has 3 aromatic rings. The standard InChI is InChI=1S/C26H28ClN3O/c1-29(2)24-13-9-20(10-14-24)25(17-28-26(31)21-7-11-23(27)12-8-21)30-16-15-19-5-3-4-6-22(19)18-30/h3-14,25H,15-18H2,1-2H3,(H,28,31)/t25-/m1/s1. The van der Waals surface area contributed by atoms with E-state index < -0.39 is 0 Å². The van der Waals surface area contributed by atoms with Crippen molar-refractivity contribution < 1.29 is 4.79 Å². The molecular formula is C26H28ClN3O. The van der Waals surface area contributed by atoms with Crippen molar-refractivity contribution in [2.45, 2.75) is 19.0 Å². The molecule has 1 atom stereocenters. The molecule has 0 aromatic heterocycles. The van der Waals surface area contributed by atoms with Gasteiger partial charge in [0.2, 0.25) is 0 Å². The number of nitrogens with one attached hydrogen (secondary N) is 1. The molecule has 160 valence electrons. The van der Waals surface area contributed by atoms with Crippen molar-refractivity contribution in [2.75, 3.05) is 32.1 Å². The van der Waals surface area contributed by atoms with E-state index in [1.54, 1.807) is 24.3 Å². The molecule has 0 saturated carbocycles. The summed E-state index contributed by atoms with van der Waals surface area (Å²) in [4.78, 5) is 17.3. The van der Waals surface area contributed by atoms with Crippen LogP contribution in [0.5, 0.6) is 0 Å². The van der Waals surface area contributed by atoms with Crippen LogP contribution in [0.15, 0.2) is 72.8 Å². The molecule has 4 rings (SSSR count). The van der Waals surface area contributed by atoms with Gasteiger partial charge < -0.3 is 10.2 Å². The molecule has 0 saturated heterocycles. The van der Waals surface area contributed by atoms with Crippen molar-refractivity contribution in [2.24, 2.45) is 0 Å². The molecule has 31 heavy (non-hydrogen) atoms. The second kappa shape index (κ2) is 9.54. The minimum absolute atomic E-state index is 0.0796. The summed E-state index contributed by atoms with van der Waals surface area (Å²) >= 11 is 5.96. The summed E-state index contributed by atoms with van der Waals surface area (Å²) in [5, 5.41) is 3.77. The molecule has 1 heterocycles. The van der Waals surface area contributed by atoms with Crippen LogP contribution in [-0.4, -0.2) is 38.0 Å². The summed E-state index contributed by atoms with van der Waals surface area (Å²) in [6.45, 7) is 2.39. The zero-order valence-corrected chi connectivity index (χ0v) is 18.8. The average molecular weight is 434 g/mol. The Labute approximate surface area is 189 Å². The van der Waals surface area contributed by atoms with Crippen LogP contribution in [0, 0.1) is 0 Å². The molecule has 0 radical (unpaired) electrons. The predicted molar refractivity (Wildman–Crippen MR) is 128 cm³/mol. The van der Waals surface area contributed by atoms with Gasteiger partial charge in [0, 0.05) is 50.0 Å². The quantitative estimate of drug-likeness (QED) is 0.598. The third kappa shape index (κ3) is 5.09. The summed E-state index contributed by atoms with van der Waals surface area (Å²) in [6, 6.07) is 24.4. The Morgan fingerprint density at radius 3 is 2.35 bits per heavy atom. The number of rotatable bonds is 6. The molecular weight excluding hydrogens is 406 g/mol. The highest BCUT2D eigenvalue weighted by molar-refractivity contribution is 6.30. The van der Waals surface area contributed by atoms with E-state index in [9.17, 15) is 4.79 Å². The molecule has 1 aliphatic heterocycles. The highest BCUT2D eigenvalue weighted by atomic mass is 35.5. The van der Waals surface area contributed by atoms with Gasteiger partial charge in [-0.05, 0) is 59.5 Å². The van der Waals surface area contributed by atoms with Crippen molar-refractivity contribution in [3.05, 3.63) is 100 Å². The number of halogens is 1. The molecule has 0 aliphatic carbocycles. The van der Waals surface area contributed by atoms with Crippen LogP contribution in [0.2, 0.25) is 5.02 Å². The summed E-state index contributed by atoms with van der Waals surface area (Å²) in [5.41, 5.74) is 5.78. The largest absolute Gasteiger partial charge is 0.378 e. The highest BCUT2D eigenvalue weighted by Gasteiger charge is 2.25. The Bertz CT molecular complexity index is 1030. The van der Waals surface area contributed by atoms with Crippen LogP contribution >= 0.6 is 11.6 Å².